The zero-order valence-corrected chi connectivity index (χ0v) is 24.5. The molecular formula is C30H52O8. The predicted octanol–water partition coefficient (Wildman–Crippen LogP) is 4.33. The van der Waals surface area contributed by atoms with E-state index >= 15 is 0 Å². The van der Waals surface area contributed by atoms with Gasteiger partial charge in [0.1, 0.15) is 12.2 Å². The summed E-state index contributed by atoms with van der Waals surface area (Å²) in [5.74, 6) is -0.421. The second kappa shape index (κ2) is 14.8. The van der Waals surface area contributed by atoms with Crippen LogP contribution in [0.1, 0.15) is 99.8 Å². The molecule has 2 aliphatic rings. The molecule has 2 aliphatic heterocycles. The highest BCUT2D eigenvalue weighted by molar-refractivity contribution is 5.70. The fourth-order valence-corrected chi connectivity index (χ4v) is 5.69. The monoisotopic (exact) mass is 540 g/mol. The lowest BCUT2D eigenvalue weighted by Crippen LogP contribution is -2.44. The molecule has 0 aromatic heterocycles. The Morgan fingerprint density at radius 1 is 1.21 bits per heavy atom. The number of carbonyl (C=O) groups excluding carboxylic acids is 2. The van der Waals surface area contributed by atoms with Gasteiger partial charge in [0, 0.05) is 12.8 Å². The van der Waals surface area contributed by atoms with Crippen molar-refractivity contribution in [3.8, 4) is 0 Å². The second-order valence-corrected chi connectivity index (χ2v) is 12.2. The number of aliphatic hydroxyl groups is 3. The third-order valence-electron chi connectivity index (χ3n) is 8.40. The van der Waals surface area contributed by atoms with Gasteiger partial charge in [-0.15, -0.1) is 0 Å². The van der Waals surface area contributed by atoms with Crippen molar-refractivity contribution >= 4 is 11.9 Å². The van der Waals surface area contributed by atoms with Gasteiger partial charge < -0.3 is 29.5 Å². The first kappa shape index (κ1) is 32.7. The molecule has 38 heavy (non-hydrogen) atoms. The summed E-state index contributed by atoms with van der Waals surface area (Å²) in [6.07, 6.45) is 5.97. The van der Waals surface area contributed by atoms with Crippen LogP contribution in [0.15, 0.2) is 12.2 Å². The van der Waals surface area contributed by atoms with Crippen molar-refractivity contribution in [1.82, 2.24) is 0 Å². The molecule has 0 radical (unpaired) electrons. The highest BCUT2D eigenvalue weighted by Crippen LogP contribution is 2.37. The number of aliphatic hydroxyl groups excluding tert-OH is 2. The topological polar surface area (TPSA) is 126 Å². The van der Waals surface area contributed by atoms with Crippen molar-refractivity contribution in [3.63, 3.8) is 0 Å². The maximum atomic E-state index is 12.6. The number of rotatable bonds is 10. The van der Waals surface area contributed by atoms with E-state index in [0.717, 1.165) is 19.3 Å². The van der Waals surface area contributed by atoms with E-state index in [1.807, 2.05) is 20.8 Å². The molecule has 220 valence electrons. The molecule has 2 heterocycles. The molecule has 11 atom stereocenters. The third kappa shape index (κ3) is 10.2. The van der Waals surface area contributed by atoms with Gasteiger partial charge in [0.05, 0.1) is 36.4 Å². The van der Waals surface area contributed by atoms with Gasteiger partial charge in [-0.2, -0.15) is 0 Å². The van der Waals surface area contributed by atoms with E-state index in [1.54, 1.807) is 6.92 Å². The number of ether oxygens (including phenoxy) is 3. The van der Waals surface area contributed by atoms with Crippen molar-refractivity contribution in [2.24, 2.45) is 23.7 Å². The summed E-state index contributed by atoms with van der Waals surface area (Å²) >= 11 is 0. The van der Waals surface area contributed by atoms with Crippen LogP contribution in [0.5, 0.6) is 0 Å². The molecule has 3 N–H and O–H groups in total. The first-order chi connectivity index (χ1) is 17.7. The van der Waals surface area contributed by atoms with Crippen LogP contribution in [0.2, 0.25) is 0 Å². The van der Waals surface area contributed by atoms with Crippen LogP contribution in [0, 0.1) is 23.7 Å². The molecular weight excluding hydrogens is 488 g/mol. The molecule has 0 bridgehead atoms. The number of epoxide rings is 1. The Morgan fingerprint density at radius 3 is 2.53 bits per heavy atom. The minimum absolute atomic E-state index is 0.0303. The molecule has 2 saturated heterocycles. The van der Waals surface area contributed by atoms with E-state index in [1.165, 1.54) is 6.92 Å². The van der Waals surface area contributed by atoms with Gasteiger partial charge in [-0.25, -0.2) is 0 Å². The highest BCUT2D eigenvalue weighted by atomic mass is 16.6. The molecule has 11 unspecified atom stereocenters. The van der Waals surface area contributed by atoms with E-state index in [0.29, 0.717) is 18.8 Å². The zero-order chi connectivity index (χ0) is 28.6. The first-order valence-corrected chi connectivity index (χ1v) is 14.5. The number of allylic oxidation sites excluding steroid dienone is 2. The molecule has 8 heteroatoms. The summed E-state index contributed by atoms with van der Waals surface area (Å²) in [4.78, 5) is 24.3. The summed E-state index contributed by atoms with van der Waals surface area (Å²) < 4.78 is 17.2. The van der Waals surface area contributed by atoms with Crippen LogP contribution in [-0.2, 0) is 23.8 Å². The summed E-state index contributed by atoms with van der Waals surface area (Å²) in [5.41, 5.74) is -1.30. The van der Waals surface area contributed by atoms with Crippen LogP contribution >= 0.6 is 0 Å². The first-order valence-electron chi connectivity index (χ1n) is 14.5. The average molecular weight is 541 g/mol. The van der Waals surface area contributed by atoms with Crippen molar-refractivity contribution < 1.29 is 39.1 Å². The number of hydrogen-bond donors (Lipinski definition) is 3. The Kier molecular flexibility index (Phi) is 12.7. The molecule has 0 aromatic carbocycles. The SMILES string of the molecule is CCC(O)C(C)C1OC1CC(C)/C=C/CC(C)C1OC(=O)CC(O)CCC(C)(O)C(OC(C)=O)CCC1C. The van der Waals surface area contributed by atoms with Gasteiger partial charge in [0.15, 0.2) is 0 Å². The third-order valence-corrected chi connectivity index (χ3v) is 8.40. The van der Waals surface area contributed by atoms with E-state index in [9.17, 15) is 24.9 Å². The van der Waals surface area contributed by atoms with Crippen LogP contribution in [0.3, 0.4) is 0 Å². The lowest BCUT2D eigenvalue weighted by atomic mass is 9.83. The molecule has 0 saturated carbocycles. The Balaban J connectivity index is 1.99. The summed E-state index contributed by atoms with van der Waals surface area (Å²) in [7, 11) is 0. The van der Waals surface area contributed by atoms with Gasteiger partial charge >= 0.3 is 11.9 Å². The Hall–Kier alpha value is -1.48. The van der Waals surface area contributed by atoms with Crippen molar-refractivity contribution in [2.75, 3.05) is 0 Å². The largest absolute Gasteiger partial charge is 0.462 e. The van der Waals surface area contributed by atoms with E-state index in [2.05, 4.69) is 26.0 Å². The molecule has 0 spiro atoms. The van der Waals surface area contributed by atoms with Gasteiger partial charge in [0.2, 0.25) is 0 Å². The maximum Gasteiger partial charge on any atom is 0.308 e. The number of hydrogen-bond acceptors (Lipinski definition) is 8. The summed E-state index contributed by atoms with van der Waals surface area (Å²) in [5, 5.41) is 31.4. The Labute approximate surface area is 229 Å². The minimum Gasteiger partial charge on any atom is -0.462 e. The van der Waals surface area contributed by atoms with Crippen molar-refractivity contribution in [1.29, 1.82) is 0 Å². The molecule has 2 rings (SSSR count). The smallest absolute Gasteiger partial charge is 0.308 e. The normalized spacial score (nSPS) is 36.3. The zero-order valence-electron chi connectivity index (χ0n) is 24.5. The number of carbonyl (C=O) groups is 2. The van der Waals surface area contributed by atoms with Gasteiger partial charge in [0.25, 0.3) is 0 Å². The van der Waals surface area contributed by atoms with Crippen LogP contribution in [-0.4, -0.2) is 69.5 Å². The fraction of sp³-hybridized carbons (Fsp3) is 0.867. The fourth-order valence-electron chi connectivity index (χ4n) is 5.69. The Bertz CT molecular complexity index is 780. The molecule has 0 aromatic rings. The molecule has 8 nitrogen and oxygen atoms in total. The molecule has 0 aliphatic carbocycles. The maximum absolute atomic E-state index is 12.6. The van der Waals surface area contributed by atoms with Crippen molar-refractivity contribution in [3.05, 3.63) is 12.2 Å². The van der Waals surface area contributed by atoms with E-state index < -0.39 is 29.7 Å². The summed E-state index contributed by atoms with van der Waals surface area (Å²) in [6.45, 7) is 13.2. The standard InChI is InChI=1S/C30H52O8/c1-8-24(33)21(5)29-25(37-29)16-18(2)10-9-11-19(3)28-20(4)12-13-26(36-22(6)31)30(7,35)15-14-23(32)17-27(34)38-28/h9-10,18-21,23-26,28-29,32-33,35H,8,11-17H2,1-7H3/b10-9+. The number of cyclic esters (lactones) is 1. The van der Waals surface area contributed by atoms with E-state index in [4.69, 9.17) is 14.2 Å². The van der Waals surface area contributed by atoms with Crippen LogP contribution in [0.4, 0.5) is 0 Å². The highest BCUT2D eigenvalue weighted by Gasteiger charge is 2.45. The van der Waals surface area contributed by atoms with Gasteiger partial charge in [-0.05, 0) is 69.6 Å². The van der Waals surface area contributed by atoms with Gasteiger partial charge in [-0.3, -0.25) is 9.59 Å². The number of esters is 2. The molecule has 2 fully saturated rings. The average Bonchev–Trinajstić information content (AvgIpc) is 3.60. The van der Waals surface area contributed by atoms with Gasteiger partial charge in [-0.1, -0.05) is 46.8 Å². The molecule has 0 amide bonds. The predicted molar refractivity (Wildman–Crippen MR) is 145 cm³/mol. The Morgan fingerprint density at radius 2 is 1.89 bits per heavy atom. The van der Waals surface area contributed by atoms with Crippen molar-refractivity contribution in [2.45, 2.75) is 142 Å². The quantitative estimate of drug-likeness (QED) is 0.212. The minimum atomic E-state index is -1.30. The lowest BCUT2D eigenvalue weighted by molar-refractivity contribution is -0.166. The van der Waals surface area contributed by atoms with Crippen LogP contribution in [0.25, 0.3) is 0 Å². The summed E-state index contributed by atoms with van der Waals surface area (Å²) in [6, 6.07) is 0. The lowest BCUT2D eigenvalue weighted by Gasteiger charge is -2.36. The van der Waals surface area contributed by atoms with Crippen LogP contribution < -0.4 is 0 Å². The van der Waals surface area contributed by atoms with E-state index in [-0.39, 0.29) is 61.4 Å². The second-order valence-electron chi connectivity index (χ2n) is 12.2.